The molecule has 0 atom stereocenters. The van der Waals surface area contributed by atoms with E-state index in [1.165, 1.54) is 6.92 Å². The van der Waals surface area contributed by atoms with E-state index in [0.29, 0.717) is 22.2 Å². The Morgan fingerprint density at radius 2 is 1.93 bits per heavy atom. The lowest BCUT2D eigenvalue weighted by Crippen LogP contribution is -2.20. The van der Waals surface area contributed by atoms with Gasteiger partial charge in [-0.3, -0.25) is 14.9 Å². The number of benzene rings is 1. The number of nitrogens with one attached hydrogen (secondary N) is 1. The Kier molecular flexibility index (Phi) is 7.92. The van der Waals surface area contributed by atoms with Crippen molar-refractivity contribution in [1.82, 2.24) is 0 Å². The van der Waals surface area contributed by atoms with Gasteiger partial charge in [0, 0.05) is 11.4 Å². The molecule has 0 unspecified atom stereocenters. The molecule has 0 aliphatic rings. The standard InChI is InChI=1S/C19H20Cl2N2O6/c1-3-27-19(26)15-10(2)29-18(16(15)17(22)25)23-14(24)5-4-8-28-13-7-6-11(20)9-12(13)21/h6-7,9H,3-5,8H2,1-2H3,(H2,22,25)(H,23,24). The first-order valence-electron chi connectivity index (χ1n) is 8.72. The number of anilines is 1. The molecule has 1 aromatic carbocycles. The molecule has 1 heterocycles. The number of aryl methyl sites for hydroxylation is 1. The quantitative estimate of drug-likeness (QED) is 0.447. The Morgan fingerprint density at radius 1 is 1.21 bits per heavy atom. The van der Waals surface area contributed by atoms with E-state index in [1.54, 1.807) is 25.1 Å². The molecule has 0 saturated heterocycles. The molecule has 0 bridgehead atoms. The first kappa shape index (κ1) is 22.6. The number of carbonyl (C=O) groups excluding carboxylic acids is 3. The van der Waals surface area contributed by atoms with Crippen LogP contribution in [0.1, 0.15) is 46.2 Å². The van der Waals surface area contributed by atoms with Gasteiger partial charge in [0.15, 0.2) is 0 Å². The van der Waals surface area contributed by atoms with Gasteiger partial charge in [0.25, 0.3) is 5.91 Å². The summed E-state index contributed by atoms with van der Waals surface area (Å²) in [5.74, 6) is -1.73. The number of carbonyl (C=O) groups is 3. The van der Waals surface area contributed by atoms with Gasteiger partial charge in [0.2, 0.25) is 11.8 Å². The van der Waals surface area contributed by atoms with Crippen molar-refractivity contribution in [3.8, 4) is 5.75 Å². The minimum Gasteiger partial charge on any atom is -0.492 e. The van der Waals surface area contributed by atoms with E-state index >= 15 is 0 Å². The average Bonchev–Trinajstić information content (AvgIpc) is 2.96. The molecular weight excluding hydrogens is 423 g/mol. The first-order valence-corrected chi connectivity index (χ1v) is 9.48. The van der Waals surface area contributed by atoms with Gasteiger partial charge in [-0.25, -0.2) is 4.79 Å². The summed E-state index contributed by atoms with van der Waals surface area (Å²) in [5, 5.41) is 3.31. The zero-order valence-corrected chi connectivity index (χ0v) is 17.4. The Morgan fingerprint density at radius 3 is 2.55 bits per heavy atom. The smallest absolute Gasteiger partial charge is 0.342 e. The molecule has 0 aliphatic carbocycles. The average molecular weight is 443 g/mol. The van der Waals surface area contributed by atoms with Gasteiger partial charge in [0.1, 0.15) is 22.6 Å². The van der Waals surface area contributed by atoms with Crippen molar-refractivity contribution in [2.75, 3.05) is 18.5 Å². The number of ether oxygens (including phenoxy) is 2. The van der Waals surface area contributed by atoms with E-state index in [2.05, 4.69) is 5.32 Å². The van der Waals surface area contributed by atoms with E-state index in [1.807, 2.05) is 0 Å². The highest BCUT2D eigenvalue weighted by atomic mass is 35.5. The molecule has 3 N–H and O–H groups in total. The van der Waals surface area contributed by atoms with Crippen LogP contribution in [0.4, 0.5) is 5.88 Å². The Labute approximate surface area is 177 Å². The topological polar surface area (TPSA) is 121 Å². The molecule has 0 radical (unpaired) electrons. The molecule has 2 aromatic rings. The lowest BCUT2D eigenvalue weighted by molar-refractivity contribution is -0.116. The molecular formula is C19H20Cl2N2O6. The highest BCUT2D eigenvalue weighted by molar-refractivity contribution is 6.35. The number of nitrogens with two attached hydrogens (primary N) is 1. The van der Waals surface area contributed by atoms with Crippen molar-refractivity contribution in [3.63, 3.8) is 0 Å². The van der Waals surface area contributed by atoms with Crippen LogP contribution in [0.5, 0.6) is 5.75 Å². The fourth-order valence-electron chi connectivity index (χ4n) is 2.51. The molecule has 10 heteroatoms. The summed E-state index contributed by atoms with van der Waals surface area (Å²) in [4.78, 5) is 36.0. The number of primary amides is 1. The molecule has 1 aromatic heterocycles. The van der Waals surface area contributed by atoms with Gasteiger partial charge in [-0.2, -0.15) is 0 Å². The van der Waals surface area contributed by atoms with Crippen LogP contribution in [0.25, 0.3) is 0 Å². The molecule has 2 rings (SSSR count). The zero-order valence-electron chi connectivity index (χ0n) is 15.8. The molecule has 0 aliphatic heterocycles. The summed E-state index contributed by atoms with van der Waals surface area (Å²) in [6.07, 6.45) is 0.430. The van der Waals surface area contributed by atoms with Crippen LogP contribution < -0.4 is 15.8 Å². The van der Waals surface area contributed by atoms with Crippen molar-refractivity contribution < 1.29 is 28.3 Å². The van der Waals surface area contributed by atoms with Gasteiger partial charge in [-0.05, 0) is 38.5 Å². The van der Waals surface area contributed by atoms with Crippen molar-refractivity contribution >= 4 is 46.9 Å². The van der Waals surface area contributed by atoms with Crippen LogP contribution >= 0.6 is 23.2 Å². The van der Waals surface area contributed by atoms with Crippen molar-refractivity contribution in [3.05, 3.63) is 45.1 Å². The second kappa shape index (κ2) is 10.2. The van der Waals surface area contributed by atoms with E-state index in [4.69, 9.17) is 42.8 Å². The maximum atomic E-state index is 12.2. The Hall–Kier alpha value is -2.71. The molecule has 2 amide bonds. The fourth-order valence-corrected chi connectivity index (χ4v) is 2.98. The van der Waals surface area contributed by atoms with E-state index < -0.39 is 17.8 Å². The fraction of sp³-hybridized carbons (Fsp3) is 0.316. The minimum absolute atomic E-state index is 0.0674. The summed E-state index contributed by atoms with van der Waals surface area (Å²) in [6.45, 7) is 3.43. The number of hydrogen-bond donors (Lipinski definition) is 2. The Balaban J connectivity index is 1.97. The van der Waals surface area contributed by atoms with E-state index in [-0.39, 0.29) is 42.4 Å². The second-order valence-electron chi connectivity index (χ2n) is 5.90. The SMILES string of the molecule is CCOC(=O)c1c(C)oc(NC(=O)CCCOc2ccc(Cl)cc2Cl)c1C(N)=O. The van der Waals surface area contributed by atoms with Crippen LogP contribution in [0, 0.1) is 6.92 Å². The number of amides is 2. The van der Waals surface area contributed by atoms with Gasteiger partial charge >= 0.3 is 5.97 Å². The van der Waals surface area contributed by atoms with Crippen LogP contribution in [0.2, 0.25) is 10.0 Å². The minimum atomic E-state index is -0.916. The molecule has 29 heavy (non-hydrogen) atoms. The predicted octanol–water partition coefficient (Wildman–Crippen LogP) is 3.97. The monoisotopic (exact) mass is 442 g/mol. The third kappa shape index (κ3) is 5.88. The highest BCUT2D eigenvalue weighted by Crippen LogP contribution is 2.29. The number of esters is 1. The largest absolute Gasteiger partial charge is 0.492 e. The maximum absolute atomic E-state index is 12.2. The number of rotatable bonds is 9. The summed E-state index contributed by atoms with van der Waals surface area (Å²) in [5.41, 5.74) is 5.02. The summed E-state index contributed by atoms with van der Waals surface area (Å²) >= 11 is 11.8. The third-order valence-corrected chi connectivity index (χ3v) is 4.29. The van der Waals surface area contributed by atoms with Crippen LogP contribution in [-0.4, -0.2) is 31.0 Å². The lowest BCUT2D eigenvalue weighted by atomic mass is 10.1. The maximum Gasteiger partial charge on any atom is 0.342 e. The number of furan rings is 1. The molecule has 8 nitrogen and oxygen atoms in total. The molecule has 156 valence electrons. The van der Waals surface area contributed by atoms with E-state index in [0.717, 1.165) is 0 Å². The van der Waals surface area contributed by atoms with Crippen molar-refractivity contribution in [2.24, 2.45) is 5.73 Å². The normalized spacial score (nSPS) is 10.5. The zero-order chi connectivity index (χ0) is 21.6. The van der Waals surface area contributed by atoms with Gasteiger partial charge in [0.05, 0.1) is 18.2 Å². The van der Waals surface area contributed by atoms with Gasteiger partial charge in [-0.15, -0.1) is 0 Å². The van der Waals surface area contributed by atoms with E-state index in [9.17, 15) is 14.4 Å². The van der Waals surface area contributed by atoms with Crippen LogP contribution in [0.3, 0.4) is 0 Å². The number of halogens is 2. The molecule has 0 spiro atoms. The highest BCUT2D eigenvalue weighted by Gasteiger charge is 2.29. The van der Waals surface area contributed by atoms with Gasteiger partial charge in [-0.1, -0.05) is 23.2 Å². The van der Waals surface area contributed by atoms with Gasteiger partial charge < -0.3 is 19.6 Å². The predicted molar refractivity (Wildman–Crippen MR) is 108 cm³/mol. The summed E-state index contributed by atoms with van der Waals surface area (Å²) in [7, 11) is 0. The summed E-state index contributed by atoms with van der Waals surface area (Å²) < 4.78 is 15.8. The summed E-state index contributed by atoms with van der Waals surface area (Å²) in [6, 6.07) is 4.82. The van der Waals surface area contributed by atoms with Crippen LogP contribution in [0.15, 0.2) is 22.6 Å². The number of hydrogen-bond acceptors (Lipinski definition) is 6. The van der Waals surface area contributed by atoms with Crippen molar-refractivity contribution in [2.45, 2.75) is 26.7 Å². The van der Waals surface area contributed by atoms with Crippen molar-refractivity contribution in [1.29, 1.82) is 0 Å². The Bertz CT molecular complexity index is 926. The molecule has 0 fully saturated rings. The van der Waals surface area contributed by atoms with Crippen LogP contribution in [-0.2, 0) is 9.53 Å². The lowest BCUT2D eigenvalue weighted by Gasteiger charge is -2.08. The molecule has 0 saturated carbocycles. The third-order valence-electron chi connectivity index (χ3n) is 3.76. The first-order chi connectivity index (χ1) is 13.7. The second-order valence-corrected chi connectivity index (χ2v) is 6.74.